The highest BCUT2D eigenvalue weighted by molar-refractivity contribution is 7.92. The number of nitrogen functional groups attached to an aromatic ring is 1. The van der Waals surface area contributed by atoms with Crippen molar-refractivity contribution in [3.8, 4) is 0 Å². The number of carbonyl (C=O) groups is 1. The van der Waals surface area contributed by atoms with E-state index in [2.05, 4.69) is 5.32 Å². The number of nitrogens with two attached hydrogens (primary N) is 1. The van der Waals surface area contributed by atoms with Crippen LogP contribution in [0.25, 0.3) is 0 Å². The number of benzene rings is 1. The van der Waals surface area contributed by atoms with Crippen molar-refractivity contribution in [1.82, 2.24) is 0 Å². The fourth-order valence-corrected chi connectivity index (χ4v) is 3.09. The predicted molar refractivity (Wildman–Crippen MR) is 82.7 cm³/mol. The molecular weight excluding hydrogens is 300 g/mol. The molecule has 7 heteroatoms. The molecular formula is C13H19ClN2O3S. The molecule has 1 aromatic rings. The molecule has 0 fully saturated rings. The average Bonchev–Trinajstić information content (AvgIpc) is 2.39. The maximum Gasteiger partial charge on any atom is 0.225 e. The van der Waals surface area contributed by atoms with E-state index in [-0.39, 0.29) is 12.2 Å². The number of carbonyl (C=O) groups excluding carboxylic acids is 1. The zero-order valence-corrected chi connectivity index (χ0v) is 13.1. The van der Waals surface area contributed by atoms with Gasteiger partial charge in [0.15, 0.2) is 9.84 Å². The number of anilines is 2. The minimum absolute atomic E-state index is 0.0986. The van der Waals surface area contributed by atoms with Crippen LogP contribution in [0.4, 0.5) is 11.4 Å². The molecule has 0 bridgehead atoms. The lowest BCUT2D eigenvalue weighted by atomic mass is 10.2. The molecule has 0 spiro atoms. The number of hydrogen-bond donors (Lipinski definition) is 2. The van der Waals surface area contributed by atoms with Gasteiger partial charge in [-0.25, -0.2) is 8.42 Å². The topological polar surface area (TPSA) is 89.3 Å². The number of halogens is 1. The van der Waals surface area contributed by atoms with Crippen molar-refractivity contribution in [2.45, 2.75) is 31.9 Å². The van der Waals surface area contributed by atoms with E-state index >= 15 is 0 Å². The minimum Gasteiger partial charge on any atom is -0.397 e. The van der Waals surface area contributed by atoms with Crippen molar-refractivity contribution in [3.63, 3.8) is 0 Å². The summed E-state index contributed by atoms with van der Waals surface area (Å²) in [5, 5.41) is 2.58. The average molecular weight is 319 g/mol. The van der Waals surface area contributed by atoms with Crippen LogP contribution in [0.15, 0.2) is 18.2 Å². The Labute approximate surface area is 124 Å². The highest BCUT2D eigenvalue weighted by Gasteiger charge is 2.20. The van der Waals surface area contributed by atoms with E-state index in [9.17, 15) is 13.2 Å². The summed E-state index contributed by atoms with van der Waals surface area (Å²) in [6.45, 7) is 3.44. The first kappa shape index (κ1) is 16.8. The second kappa shape index (κ2) is 6.95. The summed E-state index contributed by atoms with van der Waals surface area (Å²) < 4.78 is 23.6. The van der Waals surface area contributed by atoms with Gasteiger partial charge in [0, 0.05) is 11.4 Å². The van der Waals surface area contributed by atoms with Gasteiger partial charge in [-0.15, -0.1) is 0 Å². The molecule has 1 atom stereocenters. The van der Waals surface area contributed by atoms with Gasteiger partial charge in [-0.2, -0.15) is 0 Å². The molecule has 1 unspecified atom stereocenters. The van der Waals surface area contributed by atoms with Crippen molar-refractivity contribution in [2.75, 3.05) is 16.8 Å². The monoisotopic (exact) mass is 318 g/mol. The molecule has 0 saturated heterocycles. The molecule has 5 nitrogen and oxygen atoms in total. The fourth-order valence-electron chi connectivity index (χ4n) is 1.54. The van der Waals surface area contributed by atoms with E-state index in [1.54, 1.807) is 26.0 Å². The van der Waals surface area contributed by atoms with Crippen LogP contribution in [0.2, 0.25) is 5.02 Å². The van der Waals surface area contributed by atoms with Crippen LogP contribution in [-0.2, 0) is 14.6 Å². The Bertz CT molecular complexity index is 587. The number of amides is 1. The Morgan fingerprint density at radius 3 is 2.70 bits per heavy atom. The van der Waals surface area contributed by atoms with Gasteiger partial charge in [0.25, 0.3) is 0 Å². The number of nitrogens with one attached hydrogen (secondary N) is 1. The lowest BCUT2D eigenvalue weighted by Gasteiger charge is -2.11. The summed E-state index contributed by atoms with van der Waals surface area (Å²) in [6.07, 6.45) is 0.434. The van der Waals surface area contributed by atoms with Crippen LogP contribution >= 0.6 is 11.6 Å². The molecule has 0 aliphatic heterocycles. The molecule has 1 amide bonds. The molecule has 0 aliphatic carbocycles. The van der Waals surface area contributed by atoms with Gasteiger partial charge < -0.3 is 11.1 Å². The van der Waals surface area contributed by atoms with E-state index in [1.165, 1.54) is 6.07 Å². The highest BCUT2D eigenvalue weighted by atomic mass is 35.5. The Morgan fingerprint density at radius 2 is 2.10 bits per heavy atom. The summed E-state index contributed by atoms with van der Waals surface area (Å²) in [5.74, 6) is -0.570. The Morgan fingerprint density at radius 1 is 1.45 bits per heavy atom. The zero-order chi connectivity index (χ0) is 15.3. The van der Waals surface area contributed by atoms with Crippen LogP contribution in [0, 0.1) is 0 Å². The molecule has 20 heavy (non-hydrogen) atoms. The first-order chi connectivity index (χ1) is 9.26. The number of rotatable bonds is 6. The summed E-state index contributed by atoms with van der Waals surface area (Å²) in [5.41, 5.74) is 6.47. The largest absolute Gasteiger partial charge is 0.397 e. The van der Waals surface area contributed by atoms with E-state index in [4.69, 9.17) is 17.3 Å². The first-order valence-corrected chi connectivity index (χ1v) is 8.42. The molecule has 0 aromatic heterocycles. The SMILES string of the molecule is CCC(C)S(=O)(=O)CCC(=O)Nc1cc(Cl)ccc1N. The van der Waals surface area contributed by atoms with Crippen molar-refractivity contribution in [2.24, 2.45) is 0 Å². The lowest BCUT2D eigenvalue weighted by molar-refractivity contribution is -0.115. The number of hydrogen-bond acceptors (Lipinski definition) is 4. The molecule has 1 aromatic carbocycles. The van der Waals surface area contributed by atoms with Crippen molar-refractivity contribution in [1.29, 1.82) is 0 Å². The molecule has 0 saturated carbocycles. The molecule has 0 radical (unpaired) electrons. The molecule has 0 aliphatic rings. The maximum atomic E-state index is 11.8. The number of sulfone groups is 1. The molecule has 0 heterocycles. The minimum atomic E-state index is -3.23. The lowest BCUT2D eigenvalue weighted by Crippen LogP contribution is -2.24. The molecule has 112 valence electrons. The van der Waals surface area contributed by atoms with Crippen LogP contribution in [0.5, 0.6) is 0 Å². The highest BCUT2D eigenvalue weighted by Crippen LogP contribution is 2.23. The van der Waals surface area contributed by atoms with E-state index < -0.39 is 21.0 Å². The standard InChI is InChI=1S/C13H19ClN2O3S/c1-3-9(2)20(18,19)7-6-13(17)16-12-8-10(14)4-5-11(12)15/h4-5,8-9H,3,6-7,15H2,1-2H3,(H,16,17). The van der Waals surface area contributed by atoms with Gasteiger partial charge in [-0.05, 0) is 31.5 Å². The second-order valence-corrected chi connectivity index (χ2v) is 7.59. The van der Waals surface area contributed by atoms with E-state index in [0.29, 0.717) is 22.8 Å². The van der Waals surface area contributed by atoms with Crippen LogP contribution < -0.4 is 11.1 Å². The van der Waals surface area contributed by atoms with E-state index in [1.807, 2.05) is 0 Å². The first-order valence-electron chi connectivity index (χ1n) is 6.32. The van der Waals surface area contributed by atoms with Gasteiger partial charge >= 0.3 is 0 Å². The molecule has 1 rings (SSSR count). The maximum absolute atomic E-state index is 11.8. The third kappa shape index (κ3) is 4.68. The Kier molecular flexibility index (Phi) is 5.83. The zero-order valence-electron chi connectivity index (χ0n) is 11.5. The summed E-state index contributed by atoms with van der Waals surface area (Å²) >= 11 is 5.81. The van der Waals surface area contributed by atoms with Crippen molar-refractivity contribution in [3.05, 3.63) is 23.2 Å². The third-order valence-corrected chi connectivity index (χ3v) is 5.66. The van der Waals surface area contributed by atoms with Gasteiger partial charge in [-0.1, -0.05) is 18.5 Å². The van der Waals surface area contributed by atoms with Crippen molar-refractivity contribution < 1.29 is 13.2 Å². The van der Waals surface area contributed by atoms with Crippen molar-refractivity contribution >= 4 is 38.7 Å². The Balaban J connectivity index is 2.63. The third-order valence-electron chi connectivity index (χ3n) is 3.09. The smallest absolute Gasteiger partial charge is 0.225 e. The van der Waals surface area contributed by atoms with Crippen LogP contribution in [-0.4, -0.2) is 25.3 Å². The van der Waals surface area contributed by atoms with Crippen LogP contribution in [0.1, 0.15) is 26.7 Å². The Hall–Kier alpha value is -1.27. The quantitative estimate of drug-likeness (QED) is 0.788. The van der Waals surface area contributed by atoms with Crippen LogP contribution in [0.3, 0.4) is 0 Å². The fraction of sp³-hybridized carbons (Fsp3) is 0.462. The summed E-state index contributed by atoms with van der Waals surface area (Å²) in [4.78, 5) is 11.8. The normalized spacial score (nSPS) is 12.9. The van der Waals surface area contributed by atoms with Gasteiger partial charge in [0.1, 0.15) is 0 Å². The van der Waals surface area contributed by atoms with Gasteiger partial charge in [0.2, 0.25) is 5.91 Å². The molecule has 3 N–H and O–H groups in total. The summed E-state index contributed by atoms with van der Waals surface area (Å²) in [7, 11) is -3.23. The summed E-state index contributed by atoms with van der Waals surface area (Å²) in [6, 6.07) is 4.71. The second-order valence-electron chi connectivity index (χ2n) is 4.62. The van der Waals surface area contributed by atoms with Gasteiger partial charge in [-0.3, -0.25) is 4.79 Å². The van der Waals surface area contributed by atoms with E-state index in [0.717, 1.165) is 0 Å². The van der Waals surface area contributed by atoms with Gasteiger partial charge in [0.05, 0.1) is 22.4 Å². The predicted octanol–water partition coefficient (Wildman–Crippen LogP) is 2.46.